The molecule has 2 bridgehead atoms. The van der Waals surface area contributed by atoms with Gasteiger partial charge < -0.3 is 0 Å². The molecule has 0 spiro atoms. The van der Waals surface area contributed by atoms with E-state index in [1.807, 2.05) is 6.08 Å². The van der Waals surface area contributed by atoms with Crippen LogP contribution in [0.4, 0.5) is 0 Å². The van der Waals surface area contributed by atoms with Crippen molar-refractivity contribution in [2.24, 2.45) is 17.3 Å². The first-order valence-electron chi connectivity index (χ1n) is 4.49. The quantitative estimate of drug-likeness (QED) is 0.580. The zero-order valence-corrected chi connectivity index (χ0v) is 7.12. The maximum Gasteiger partial charge on any atom is 0.202 e. The zero-order valence-electron chi connectivity index (χ0n) is 7.12. The summed E-state index contributed by atoms with van der Waals surface area (Å²) in [7, 11) is 0. The van der Waals surface area contributed by atoms with E-state index in [1.165, 1.54) is 0 Å². The van der Waals surface area contributed by atoms with E-state index in [9.17, 15) is 4.79 Å². The summed E-state index contributed by atoms with van der Waals surface area (Å²) >= 11 is 0. The summed E-state index contributed by atoms with van der Waals surface area (Å²) in [5.74, 6) is 0.766. The average molecular weight is 161 g/mol. The zero-order chi connectivity index (χ0) is 8.60. The maximum atomic E-state index is 10.7. The van der Waals surface area contributed by atoms with Gasteiger partial charge in [0.05, 0.1) is 0 Å². The summed E-state index contributed by atoms with van der Waals surface area (Å²) in [5.41, 5.74) is 0.105. The molecule has 1 radical (unpaired) electrons. The van der Waals surface area contributed by atoms with Crippen LogP contribution >= 0.6 is 0 Å². The molecule has 3 atom stereocenters. The Labute approximate surface area is 73.2 Å². The number of rotatable bonds is 3. The van der Waals surface area contributed by atoms with Crippen LogP contribution < -0.4 is 0 Å². The lowest BCUT2D eigenvalue weighted by Gasteiger charge is -2.26. The van der Waals surface area contributed by atoms with Gasteiger partial charge in [-0.25, -0.2) is 0 Å². The predicted octanol–water partition coefficient (Wildman–Crippen LogP) is 2.25. The minimum atomic E-state index is 0.105. The number of hydrogen-bond acceptors (Lipinski definition) is 1. The molecule has 0 N–H and O–H groups in total. The molecule has 0 aromatic heterocycles. The van der Waals surface area contributed by atoms with Crippen LogP contribution in [0.25, 0.3) is 0 Å². The molecule has 3 unspecified atom stereocenters. The third-order valence-corrected chi connectivity index (χ3v) is 3.24. The highest BCUT2D eigenvalue weighted by atomic mass is 16.1. The monoisotopic (exact) mass is 161 g/mol. The first kappa shape index (κ1) is 7.78. The normalized spacial score (nSPS) is 43.3. The van der Waals surface area contributed by atoms with Crippen LogP contribution in [0.15, 0.2) is 24.8 Å². The van der Waals surface area contributed by atoms with Crippen molar-refractivity contribution in [1.82, 2.24) is 0 Å². The van der Waals surface area contributed by atoms with Gasteiger partial charge in [-0.3, -0.25) is 4.79 Å². The Morgan fingerprint density at radius 3 is 3.17 bits per heavy atom. The van der Waals surface area contributed by atoms with Gasteiger partial charge in [-0.2, -0.15) is 0 Å². The third kappa shape index (κ3) is 0.889. The molecule has 1 heteroatoms. The van der Waals surface area contributed by atoms with Crippen LogP contribution in [0.3, 0.4) is 0 Å². The van der Waals surface area contributed by atoms with E-state index in [2.05, 4.69) is 25.0 Å². The highest BCUT2D eigenvalue weighted by molar-refractivity contribution is 5.59. The summed E-state index contributed by atoms with van der Waals surface area (Å²) in [5, 5.41) is 0. The van der Waals surface area contributed by atoms with Gasteiger partial charge in [0.15, 0.2) is 0 Å². The topological polar surface area (TPSA) is 17.1 Å². The lowest BCUT2D eigenvalue weighted by atomic mass is 9.76. The van der Waals surface area contributed by atoms with E-state index < -0.39 is 0 Å². The first-order valence-corrected chi connectivity index (χ1v) is 4.49. The third-order valence-electron chi connectivity index (χ3n) is 3.24. The standard InChI is InChI=1S/C11H13O/c1-2-4-11-5-3-9(7-11)6-10(11)8-12/h2-3,5,9-10H,1,4,6-7H2. The van der Waals surface area contributed by atoms with Gasteiger partial charge in [0.2, 0.25) is 6.29 Å². The molecule has 63 valence electrons. The fourth-order valence-electron chi connectivity index (χ4n) is 2.64. The molecule has 1 saturated carbocycles. The number of allylic oxidation sites excluding steroid dienone is 3. The van der Waals surface area contributed by atoms with E-state index in [4.69, 9.17) is 0 Å². The van der Waals surface area contributed by atoms with Crippen molar-refractivity contribution < 1.29 is 4.79 Å². The van der Waals surface area contributed by atoms with Gasteiger partial charge in [-0.15, -0.1) is 6.58 Å². The van der Waals surface area contributed by atoms with Crippen LogP contribution in [-0.4, -0.2) is 6.29 Å². The Kier molecular flexibility index (Phi) is 1.67. The number of hydrogen-bond donors (Lipinski definition) is 0. The van der Waals surface area contributed by atoms with E-state index in [1.54, 1.807) is 0 Å². The van der Waals surface area contributed by atoms with Crippen molar-refractivity contribution in [3.8, 4) is 0 Å². The van der Waals surface area contributed by atoms with E-state index in [-0.39, 0.29) is 11.3 Å². The van der Waals surface area contributed by atoms with Crippen molar-refractivity contribution >= 4 is 6.29 Å². The van der Waals surface area contributed by atoms with Gasteiger partial charge in [-0.1, -0.05) is 18.2 Å². The molecule has 0 aromatic rings. The molecular formula is C11H13O. The molecular weight excluding hydrogens is 148 g/mol. The Hall–Kier alpha value is -0.850. The highest BCUT2D eigenvalue weighted by Crippen LogP contribution is 2.54. The second kappa shape index (κ2) is 2.58. The summed E-state index contributed by atoms with van der Waals surface area (Å²) < 4.78 is 0. The largest absolute Gasteiger partial charge is 0.291 e. The number of fused-ring (bicyclic) bond motifs is 2. The van der Waals surface area contributed by atoms with Gasteiger partial charge in [0, 0.05) is 11.3 Å². The van der Waals surface area contributed by atoms with Crippen LogP contribution in [0.5, 0.6) is 0 Å². The molecule has 0 aromatic carbocycles. The van der Waals surface area contributed by atoms with Gasteiger partial charge in [0.1, 0.15) is 0 Å². The van der Waals surface area contributed by atoms with Crippen LogP contribution in [-0.2, 0) is 4.79 Å². The molecule has 2 aliphatic rings. The summed E-state index contributed by atoms with van der Waals surface area (Å²) in [6.45, 7) is 3.74. The molecule has 12 heavy (non-hydrogen) atoms. The maximum absolute atomic E-state index is 10.7. The summed E-state index contributed by atoms with van der Waals surface area (Å²) in [6, 6.07) is 0. The molecule has 2 aliphatic carbocycles. The molecule has 2 rings (SSSR count). The van der Waals surface area contributed by atoms with Crippen LogP contribution in [0.2, 0.25) is 0 Å². The van der Waals surface area contributed by atoms with E-state index >= 15 is 0 Å². The summed E-state index contributed by atoms with van der Waals surface area (Å²) in [6.07, 6.45) is 11.6. The van der Waals surface area contributed by atoms with E-state index in [0.717, 1.165) is 19.3 Å². The Morgan fingerprint density at radius 2 is 2.58 bits per heavy atom. The molecule has 0 aliphatic heterocycles. The van der Waals surface area contributed by atoms with Crippen molar-refractivity contribution in [2.45, 2.75) is 19.3 Å². The van der Waals surface area contributed by atoms with Crippen molar-refractivity contribution in [2.75, 3.05) is 0 Å². The smallest absolute Gasteiger partial charge is 0.202 e. The minimum absolute atomic E-state index is 0.105. The Bertz CT molecular complexity index is 241. The molecule has 0 heterocycles. The van der Waals surface area contributed by atoms with Crippen LogP contribution in [0.1, 0.15) is 19.3 Å². The molecule has 1 fully saturated rings. The lowest BCUT2D eigenvalue weighted by Crippen LogP contribution is -2.23. The van der Waals surface area contributed by atoms with Crippen molar-refractivity contribution in [1.29, 1.82) is 0 Å². The van der Waals surface area contributed by atoms with Crippen molar-refractivity contribution in [3.63, 3.8) is 0 Å². The molecule has 0 saturated heterocycles. The second-order valence-corrected chi connectivity index (χ2v) is 3.96. The van der Waals surface area contributed by atoms with Crippen molar-refractivity contribution in [3.05, 3.63) is 24.8 Å². The minimum Gasteiger partial charge on any atom is -0.291 e. The average Bonchev–Trinajstić information content (AvgIpc) is 2.60. The van der Waals surface area contributed by atoms with Gasteiger partial charge in [0.25, 0.3) is 0 Å². The lowest BCUT2D eigenvalue weighted by molar-refractivity contribution is 0.339. The number of carbonyl (C=O) groups excluding carboxylic acids is 1. The molecule has 1 nitrogen and oxygen atoms in total. The van der Waals surface area contributed by atoms with Crippen LogP contribution in [0, 0.1) is 17.3 Å². The Morgan fingerprint density at radius 1 is 1.75 bits per heavy atom. The fourth-order valence-corrected chi connectivity index (χ4v) is 2.64. The van der Waals surface area contributed by atoms with Gasteiger partial charge in [-0.05, 0) is 25.2 Å². The Balaban J connectivity index is 2.26. The SMILES string of the molecule is C=CCC12C=CC(CC1[C]=O)C2. The molecule has 0 amide bonds. The fraction of sp³-hybridized carbons (Fsp3) is 0.545. The predicted molar refractivity (Wildman–Crippen MR) is 48.3 cm³/mol. The van der Waals surface area contributed by atoms with Gasteiger partial charge >= 0.3 is 0 Å². The second-order valence-electron chi connectivity index (χ2n) is 3.96. The highest BCUT2D eigenvalue weighted by Gasteiger charge is 2.47. The van der Waals surface area contributed by atoms with E-state index in [0.29, 0.717) is 5.92 Å². The first-order chi connectivity index (χ1) is 5.80. The summed E-state index contributed by atoms with van der Waals surface area (Å²) in [4.78, 5) is 10.7.